The molecular formula is C26H25NS. The van der Waals surface area contributed by atoms with Crippen LogP contribution in [0.25, 0.3) is 5.57 Å². The van der Waals surface area contributed by atoms with E-state index in [1.54, 1.807) is 0 Å². The molecule has 0 radical (unpaired) electrons. The number of thioether (sulfide) groups is 1. The first kappa shape index (κ1) is 18.6. The van der Waals surface area contributed by atoms with Crippen molar-refractivity contribution in [2.75, 3.05) is 11.9 Å². The topological polar surface area (TPSA) is 3.24 Å². The number of nitrogens with zero attached hydrogens (tertiary/aromatic N) is 1. The van der Waals surface area contributed by atoms with Gasteiger partial charge in [-0.2, -0.15) is 0 Å². The highest BCUT2D eigenvalue weighted by Gasteiger charge is 2.17. The lowest BCUT2D eigenvalue weighted by atomic mass is 10.0. The maximum atomic E-state index is 2.26. The van der Waals surface area contributed by atoms with Crippen molar-refractivity contribution in [3.8, 4) is 0 Å². The van der Waals surface area contributed by atoms with Crippen molar-refractivity contribution in [3.05, 3.63) is 107 Å². The number of allylic oxidation sites excluding steroid dienone is 4. The van der Waals surface area contributed by atoms with E-state index in [1.807, 2.05) is 11.8 Å². The monoisotopic (exact) mass is 383 g/mol. The summed E-state index contributed by atoms with van der Waals surface area (Å²) in [4.78, 5) is 5.07. The largest absolute Gasteiger partial charge is 0.345 e. The van der Waals surface area contributed by atoms with E-state index in [0.717, 1.165) is 12.8 Å². The predicted octanol–water partition coefficient (Wildman–Crippen LogP) is 7.48. The van der Waals surface area contributed by atoms with E-state index in [-0.39, 0.29) is 0 Å². The third kappa shape index (κ3) is 3.93. The molecule has 1 aliphatic heterocycles. The van der Waals surface area contributed by atoms with E-state index < -0.39 is 0 Å². The van der Waals surface area contributed by atoms with Gasteiger partial charge in [-0.05, 0) is 71.7 Å². The quantitative estimate of drug-likeness (QED) is 0.459. The van der Waals surface area contributed by atoms with Crippen LogP contribution in [-0.4, -0.2) is 7.05 Å². The number of para-hydroxylation sites is 1. The van der Waals surface area contributed by atoms with Crippen molar-refractivity contribution in [1.82, 2.24) is 0 Å². The Bertz CT molecular complexity index is 1000. The summed E-state index contributed by atoms with van der Waals surface area (Å²) < 4.78 is 0. The fourth-order valence-corrected chi connectivity index (χ4v) is 4.83. The van der Waals surface area contributed by atoms with Crippen molar-refractivity contribution < 1.29 is 0 Å². The highest BCUT2D eigenvalue weighted by atomic mass is 32.2. The summed E-state index contributed by atoms with van der Waals surface area (Å²) in [6.07, 6.45) is 6.63. The van der Waals surface area contributed by atoms with Gasteiger partial charge in [-0.25, -0.2) is 0 Å². The molecule has 0 fully saturated rings. The third-order valence-electron chi connectivity index (χ3n) is 5.17. The molecule has 2 heteroatoms. The lowest BCUT2D eigenvalue weighted by Crippen LogP contribution is -2.09. The molecule has 3 aromatic carbocycles. The number of aryl methyl sites for hydroxylation is 1. The maximum absolute atomic E-state index is 2.26. The number of fused-ring (bicyclic) bond motifs is 1. The Hall–Kier alpha value is -2.71. The van der Waals surface area contributed by atoms with Crippen LogP contribution >= 0.6 is 11.8 Å². The van der Waals surface area contributed by atoms with Crippen LogP contribution in [0.2, 0.25) is 0 Å². The van der Waals surface area contributed by atoms with Gasteiger partial charge in [0, 0.05) is 23.3 Å². The van der Waals surface area contributed by atoms with Crippen LogP contribution < -0.4 is 4.90 Å². The van der Waals surface area contributed by atoms with Gasteiger partial charge in [0.2, 0.25) is 0 Å². The normalized spacial score (nSPS) is 15.4. The molecule has 0 saturated carbocycles. The minimum absolute atomic E-state index is 1.10. The lowest BCUT2D eigenvalue weighted by Gasteiger charge is -2.22. The Morgan fingerprint density at radius 3 is 2.25 bits per heavy atom. The standard InChI is InChI=1S/C26H25NS/c1-3-9-24(26-19-16-21-10-7-8-13-25(21)28-26)20-14-17-23(18-15-20)27(2)22-11-5-4-6-12-22/h3-15,17-18H,16,19H2,1-2H3/b9-3-,26-24-. The molecule has 3 aromatic rings. The van der Waals surface area contributed by atoms with Crippen LogP contribution in [-0.2, 0) is 6.42 Å². The Balaban J connectivity index is 1.64. The smallest absolute Gasteiger partial charge is 0.0408 e. The molecule has 1 aliphatic rings. The third-order valence-corrected chi connectivity index (χ3v) is 6.46. The van der Waals surface area contributed by atoms with Gasteiger partial charge in [-0.15, -0.1) is 0 Å². The Morgan fingerprint density at radius 1 is 0.821 bits per heavy atom. The van der Waals surface area contributed by atoms with E-state index in [4.69, 9.17) is 0 Å². The Labute approximate surface area is 172 Å². The van der Waals surface area contributed by atoms with Crippen molar-refractivity contribution in [2.45, 2.75) is 24.7 Å². The SMILES string of the molecule is C/C=C\C(=C1/CCc2ccccc2S1)c1ccc(N(C)c2ccccc2)cc1. The van der Waals surface area contributed by atoms with Crippen LogP contribution in [0.4, 0.5) is 11.4 Å². The fraction of sp³-hybridized carbons (Fsp3) is 0.154. The lowest BCUT2D eigenvalue weighted by molar-refractivity contribution is 0.943. The molecule has 0 aromatic heterocycles. The summed E-state index contributed by atoms with van der Waals surface area (Å²) in [6, 6.07) is 28.2. The van der Waals surface area contributed by atoms with Crippen molar-refractivity contribution in [1.29, 1.82) is 0 Å². The van der Waals surface area contributed by atoms with Crippen molar-refractivity contribution >= 4 is 28.7 Å². The predicted molar refractivity (Wildman–Crippen MR) is 123 cm³/mol. The highest BCUT2D eigenvalue weighted by Crippen LogP contribution is 2.42. The second-order valence-electron chi connectivity index (χ2n) is 6.99. The van der Waals surface area contributed by atoms with E-state index in [2.05, 4.69) is 110 Å². The van der Waals surface area contributed by atoms with E-state index in [9.17, 15) is 0 Å². The van der Waals surface area contributed by atoms with Crippen LogP contribution in [0, 0.1) is 0 Å². The number of anilines is 2. The highest BCUT2D eigenvalue weighted by molar-refractivity contribution is 8.03. The summed E-state index contributed by atoms with van der Waals surface area (Å²) in [5.74, 6) is 0. The summed E-state index contributed by atoms with van der Waals surface area (Å²) in [5.41, 5.74) is 6.49. The minimum atomic E-state index is 1.10. The van der Waals surface area contributed by atoms with Gasteiger partial charge in [-0.3, -0.25) is 0 Å². The average Bonchev–Trinajstić information content (AvgIpc) is 2.77. The van der Waals surface area contributed by atoms with Gasteiger partial charge >= 0.3 is 0 Å². The molecule has 0 amide bonds. The molecule has 0 unspecified atom stereocenters. The molecule has 4 rings (SSSR count). The molecule has 0 saturated heterocycles. The van der Waals surface area contributed by atoms with Crippen LogP contribution in [0.3, 0.4) is 0 Å². The van der Waals surface area contributed by atoms with Gasteiger partial charge in [0.15, 0.2) is 0 Å². The zero-order valence-corrected chi connectivity index (χ0v) is 17.2. The summed E-state index contributed by atoms with van der Waals surface area (Å²) in [7, 11) is 2.11. The van der Waals surface area contributed by atoms with Gasteiger partial charge in [-0.1, -0.05) is 72.4 Å². The van der Waals surface area contributed by atoms with Crippen LogP contribution in [0.15, 0.2) is 101 Å². The molecule has 0 bridgehead atoms. The molecule has 1 nitrogen and oxygen atoms in total. The van der Waals surface area contributed by atoms with Gasteiger partial charge in [0.1, 0.15) is 0 Å². The van der Waals surface area contributed by atoms with Gasteiger partial charge in [0.05, 0.1) is 0 Å². The molecule has 1 heterocycles. The molecule has 0 spiro atoms. The number of rotatable bonds is 4. The summed E-state index contributed by atoms with van der Waals surface area (Å²) >= 11 is 1.93. The van der Waals surface area contributed by atoms with E-state index >= 15 is 0 Å². The van der Waals surface area contributed by atoms with Gasteiger partial charge < -0.3 is 4.90 Å². The van der Waals surface area contributed by atoms with Crippen LogP contribution in [0.5, 0.6) is 0 Å². The summed E-state index contributed by atoms with van der Waals surface area (Å²) in [5, 5.41) is 0. The summed E-state index contributed by atoms with van der Waals surface area (Å²) in [6.45, 7) is 2.10. The number of hydrogen-bond acceptors (Lipinski definition) is 2. The first-order chi connectivity index (χ1) is 13.8. The maximum Gasteiger partial charge on any atom is 0.0408 e. The molecule has 0 N–H and O–H groups in total. The van der Waals surface area contributed by atoms with E-state index in [0.29, 0.717) is 0 Å². The molecule has 0 aliphatic carbocycles. The fourth-order valence-electron chi connectivity index (χ4n) is 3.61. The molecule has 28 heavy (non-hydrogen) atoms. The average molecular weight is 384 g/mol. The first-order valence-corrected chi connectivity index (χ1v) is 10.6. The zero-order valence-electron chi connectivity index (χ0n) is 16.4. The molecular weight excluding hydrogens is 358 g/mol. The Kier molecular flexibility index (Phi) is 5.68. The van der Waals surface area contributed by atoms with Crippen molar-refractivity contribution in [3.63, 3.8) is 0 Å². The second-order valence-corrected chi connectivity index (χ2v) is 8.12. The number of hydrogen-bond donors (Lipinski definition) is 0. The minimum Gasteiger partial charge on any atom is -0.345 e. The van der Waals surface area contributed by atoms with Crippen molar-refractivity contribution in [2.24, 2.45) is 0 Å². The van der Waals surface area contributed by atoms with E-state index in [1.165, 1.54) is 37.9 Å². The number of benzene rings is 3. The van der Waals surface area contributed by atoms with Gasteiger partial charge in [0.25, 0.3) is 0 Å². The first-order valence-electron chi connectivity index (χ1n) is 9.77. The molecule has 140 valence electrons. The second kappa shape index (κ2) is 8.53. The molecule has 0 atom stereocenters. The zero-order chi connectivity index (χ0) is 19.3. The van der Waals surface area contributed by atoms with Crippen LogP contribution in [0.1, 0.15) is 24.5 Å². The Morgan fingerprint density at radius 2 is 1.50 bits per heavy atom.